The monoisotopic (exact) mass is 191 g/mol. The minimum Gasteiger partial charge on any atom is -0.327 e. The maximum Gasteiger partial charge on any atom is 0.00794 e. The molecule has 0 fully saturated rings. The minimum atomic E-state index is 0.319. The molecule has 0 aromatic heterocycles. The van der Waals surface area contributed by atoms with Gasteiger partial charge in [-0.2, -0.15) is 0 Å². The summed E-state index contributed by atoms with van der Waals surface area (Å²) < 4.78 is 0. The first-order chi connectivity index (χ1) is 6.68. The van der Waals surface area contributed by atoms with E-state index >= 15 is 0 Å². The van der Waals surface area contributed by atoms with Crippen LogP contribution in [0, 0.1) is 5.92 Å². The molecule has 0 aliphatic heterocycles. The number of nitrogens with two attached hydrogens (primary N) is 1. The van der Waals surface area contributed by atoms with Crippen LogP contribution in [0.15, 0.2) is 30.3 Å². The topological polar surface area (TPSA) is 26.0 Å². The molecular formula is C13H21N. The van der Waals surface area contributed by atoms with Crippen LogP contribution in [0.4, 0.5) is 0 Å². The Morgan fingerprint density at radius 3 is 2.29 bits per heavy atom. The van der Waals surface area contributed by atoms with Gasteiger partial charge < -0.3 is 5.73 Å². The third-order valence-corrected chi connectivity index (χ3v) is 2.46. The first kappa shape index (κ1) is 11.3. The van der Waals surface area contributed by atoms with Gasteiger partial charge in [0, 0.05) is 6.04 Å². The van der Waals surface area contributed by atoms with E-state index in [0.717, 1.165) is 18.8 Å². The van der Waals surface area contributed by atoms with E-state index in [2.05, 4.69) is 38.1 Å². The zero-order chi connectivity index (χ0) is 10.4. The van der Waals surface area contributed by atoms with Gasteiger partial charge in [0.15, 0.2) is 0 Å². The molecule has 2 N–H and O–H groups in total. The van der Waals surface area contributed by atoms with E-state index in [-0.39, 0.29) is 0 Å². The van der Waals surface area contributed by atoms with E-state index in [0.29, 0.717) is 6.04 Å². The van der Waals surface area contributed by atoms with Gasteiger partial charge in [-0.05, 0) is 30.7 Å². The van der Waals surface area contributed by atoms with Crippen molar-refractivity contribution in [3.05, 3.63) is 35.9 Å². The lowest BCUT2D eigenvalue weighted by molar-refractivity contribution is 0.495. The Hall–Kier alpha value is -0.820. The molecule has 1 nitrogen and oxygen atoms in total. The highest BCUT2D eigenvalue weighted by molar-refractivity contribution is 5.15. The van der Waals surface area contributed by atoms with Gasteiger partial charge in [-0.3, -0.25) is 0 Å². The Morgan fingerprint density at radius 1 is 1.07 bits per heavy atom. The summed E-state index contributed by atoms with van der Waals surface area (Å²) >= 11 is 0. The maximum absolute atomic E-state index is 6.05. The predicted molar refractivity (Wildman–Crippen MR) is 62.2 cm³/mol. The standard InChI is InChI=1S/C13H21N/c1-11(2)8-9-13(14)10-12-6-4-3-5-7-12/h3-7,11,13H,8-10,14H2,1-2H3. The fraction of sp³-hybridized carbons (Fsp3) is 0.538. The van der Waals surface area contributed by atoms with Crippen LogP contribution in [0.25, 0.3) is 0 Å². The fourth-order valence-corrected chi connectivity index (χ4v) is 1.57. The van der Waals surface area contributed by atoms with E-state index in [1.807, 2.05) is 6.07 Å². The zero-order valence-corrected chi connectivity index (χ0v) is 9.24. The molecule has 0 amide bonds. The third kappa shape index (κ3) is 4.43. The van der Waals surface area contributed by atoms with Crippen LogP contribution in [0.5, 0.6) is 0 Å². The van der Waals surface area contributed by atoms with Crippen molar-refractivity contribution in [3.63, 3.8) is 0 Å². The maximum atomic E-state index is 6.05. The molecule has 0 bridgehead atoms. The van der Waals surface area contributed by atoms with Crippen molar-refractivity contribution in [3.8, 4) is 0 Å². The van der Waals surface area contributed by atoms with Crippen molar-refractivity contribution in [1.82, 2.24) is 0 Å². The Kier molecular flexibility index (Phi) is 4.68. The molecule has 1 aromatic carbocycles. The molecule has 0 saturated heterocycles. The number of hydrogen-bond acceptors (Lipinski definition) is 1. The summed E-state index contributed by atoms with van der Waals surface area (Å²) in [7, 11) is 0. The molecule has 1 heteroatoms. The van der Waals surface area contributed by atoms with Gasteiger partial charge in [-0.25, -0.2) is 0 Å². The van der Waals surface area contributed by atoms with Crippen molar-refractivity contribution in [2.75, 3.05) is 0 Å². The molecule has 14 heavy (non-hydrogen) atoms. The molecule has 0 heterocycles. The van der Waals surface area contributed by atoms with E-state index in [4.69, 9.17) is 5.73 Å². The van der Waals surface area contributed by atoms with Crippen LogP contribution >= 0.6 is 0 Å². The molecule has 0 aliphatic rings. The number of rotatable bonds is 5. The van der Waals surface area contributed by atoms with Crippen molar-refractivity contribution >= 4 is 0 Å². The van der Waals surface area contributed by atoms with Gasteiger partial charge >= 0.3 is 0 Å². The van der Waals surface area contributed by atoms with Crippen LogP contribution in [0.3, 0.4) is 0 Å². The smallest absolute Gasteiger partial charge is 0.00794 e. The lowest BCUT2D eigenvalue weighted by Gasteiger charge is -2.12. The average Bonchev–Trinajstić information content (AvgIpc) is 2.16. The summed E-state index contributed by atoms with van der Waals surface area (Å²) in [5.74, 6) is 0.761. The van der Waals surface area contributed by atoms with Crippen molar-refractivity contribution in [1.29, 1.82) is 0 Å². The molecule has 1 unspecified atom stereocenters. The molecule has 1 aromatic rings. The first-order valence-corrected chi connectivity index (χ1v) is 5.48. The highest BCUT2D eigenvalue weighted by Gasteiger charge is 2.04. The van der Waals surface area contributed by atoms with E-state index in [9.17, 15) is 0 Å². The second-order valence-electron chi connectivity index (χ2n) is 4.42. The highest BCUT2D eigenvalue weighted by atomic mass is 14.6. The van der Waals surface area contributed by atoms with Crippen molar-refractivity contribution in [2.24, 2.45) is 11.7 Å². The van der Waals surface area contributed by atoms with E-state index in [1.54, 1.807) is 0 Å². The SMILES string of the molecule is CC(C)CCC(N)Cc1ccccc1. The van der Waals surface area contributed by atoms with Gasteiger partial charge in [0.25, 0.3) is 0 Å². The molecule has 0 saturated carbocycles. The number of hydrogen-bond donors (Lipinski definition) is 1. The summed E-state index contributed by atoms with van der Waals surface area (Å²) in [4.78, 5) is 0. The summed E-state index contributed by atoms with van der Waals surface area (Å²) in [6.45, 7) is 4.49. The predicted octanol–water partition coefficient (Wildman–Crippen LogP) is 2.99. The van der Waals surface area contributed by atoms with Crippen LogP contribution < -0.4 is 5.73 Å². The lowest BCUT2D eigenvalue weighted by Crippen LogP contribution is -2.23. The van der Waals surface area contributed by atoms with Crippen LogP contribution in [0.1, 0.15) is 32.3 Å². The molecule has 0 aliphatic carbocycles. The third-order valence-electron chi connectivity index (χ3n) is 2.46. The Balaban J connectivity index is 2.30. The van der Waals surface area contributed by atoms with Gasteiger partial charge in [-0.15, -0.1) is 0 Å². The van der Waals surface area contributed by atoms with Crippen molar-refractivity contribution in [2.45, 2.75) is 39.2 Å². The Labute approximate surface area is 87.3 Å². The molecule has 1 atom stereocenters. The first-order valence-electron chi connectivity index (χ1n) is 5.48. The molecule has 0 spiro atoms. The molecular weight excluding hydrogens is 170 g/mol. The van der Waals surface area contributed by atoms with E-state index in [1.165, 1.54) is 12.0 Å². The second kappa shape index (κ2) is 5.82. The fourth-order valence-electron chi connectivity index (χ4n) is 1.57. The van der Waals surface area contributed by atoms with Crippen molar-refractivity contribution < 1.29 is 0 Å². The van der Waals surface area contributed by atoms with Gasteiger partial charge in [0.05, 0.1) is 0 Å². The van der Waals surface area contributed by atoms with Crippen LogP contribution in [0.2, 0.25) is 0 Å². The van der Waals surface area contributed by atoms with Gasteiger partial charge in [0.1, 0.15) is 0 Å². The molecule has 1 rings (SSSR count). The zero-order valence-electron chi connectivity index (χ0n) is 9.24. The summed E-state index contributed by atoms with van der Waals surface area (Å²) in [6.07, 6.45) is 3.37. The average molecular weight is 191 g/mol. The van der Waals surface area contributed by atoms with E-state index < -0.39 is 0 Å². The minimum absolute atomic E-state index is 0.319. The normalized spacial score (nSPS) is 13.1. The quantitative estimate of drug-likeness (QED) is 0.760. The number of benzene rings is 1. The Morgan fingerprint density at radius 2 is 1.71 bits per heavy atom. The van der Waals surface area contributed by atoms with Gasteiger partial charge in [-0.1, -0.05) is 44.2 Å². The summed E-state index contributed by atoms with van der Waals surface area (Å²) in [5.41, 5.74) is 7.40. The molecule has 78 valence electrons. The summed E-state index contributed by atoms with van der Waals surface area (Å²) in [5, 5.41) is 0. The Bertz CT molecular complexity index is 241. The molecule has 0 radical (unpaired) electrons. The second-order valence-corrected chi connectivity index (χ2v) is 4.42. The largest absolute Gasteiger partial charge is 0.327 e. The van der Waals surface area contributed by atoms with Crippen LogP contribution in [-0.4, -0.2) is 6.04 Å². The summed E-state index contributed by atoms with van der Waals surface area (Å²) in [6, 6.07) is 10.8. The van der Waals surface area contributed by atoms with Gasteiger partial charge in [0.2, 0.25) is 0 Å². The highest BCUT2D eigenvalue weighted by Crippen LogP contribution is 2.09. The lowest BCUT2D eigenvalue weighted by atomic mass is 9.99. The van der Waals surface area contributed by atoms with Crippen LogP contribution in [-0.2, 0) is 6.42 Å².